The molecule has 5 nitrogen and oxygen atoms in total. The van der Waals surface area contributed by atoms with E-state index in [1.165, 1.54) is 18.4 Å². The highest BCUT2D eigenvalue weighted by Gasteiger charge is 2.43. The zero-order chi connectivity index (χ0) is 19.2. The molecule has 1 aromatic heterocycles. The fourth-order valence-corrected chi connectivity index (χ4v) is 5.18. The van der Waals surface area contributed by atoms with Crippen molar-refractivity contribution < 1.29 is 24.1 Å². The molecule has 150 valence electrons. The minimum Gasteiger partial charge on any atom is -0.465 e. The van der Waals surface area contributed by atoms with Gasteiger partial charge in [0.1, 0.15) is 4.88 Å². The third-order valence-corrected chi connectivity index (χ3v) is 6.86. The van der Waals surface area contributed by atoms with Crippen LogP contribution in [0.5, 0.6) is 0 Å². The van der Waals surface area contributed by atoms with Gasteiger partial charge in [-0.2, -0.15) is 0 Å². The van der Waals surface area contributed by atoms with E-state index in [0.29, 0.717) is 4.88 Å². The molecule has 3 rings (SSSR count). The highest BCUT2D eigenvalue weighted by Crippen LogP contribution is 2.41. The summed E-state index contributed by atoms with van der Waals surface area (Å²) in [7, 11) is 1.38. The molecule has 5 atom stereocenters. The maximum Gasteiger partial charge on any atom is 0.348 e. The molecule has 0 bridgehead atoms. The number of aliphatic hydroxyl groups excluding tert-OH is 1. The second-order valence-corrected chi connectivity index (χ2v) is 8.74. The lowest BCUT2D eigenvalue weighted by atomic mass is 9.92. The Bertz CT molecular complexity index is 640. The average Bonchev–Trinajstić information content (AvgIpc) is 3.27. The first-order valence-corrected chi connectivity index (χ1v) is 10.7. The smallest absolute Gasteiger partial charge is 0.348 e. The Labute approximate surface area is 169 Å². The molecule has 1 unspecified atom stereocenters. The molecule has 1 N–H and O–H groups in total. The molecule has 0 amide bonds. The maximum atomic E-state index is 11.5. The number of carbonyl (C=O) groups excluding carboxylic acids is 1. The fourth-order valence-electron chi connectivity index (χ4n) is 3.85. The minimum absolute atomic E-state index is 0.0108. The van der Waals surface area contributed by atoms with Gasteiger partial charge >= 0.3 is 5.97 Å². The Morgan fingerprint density at radius 1 is 1.41 bits per heavy atom. The standard InChI is InChI=1S/C20H27ClO5S/c1-24-20(23)18-9-8-13(27-18)5-4-6-14-15(12-22)17(11-16(14)21)26-19-7-2-3-10-25-19/h4-5,8-9,14-17,19,22H,2-3,6-7,10-12H2,1H3/t14-,15-,16-,17-,19?/m1/s1. The quantitative estimate of drug-likeness (QED) is 0.537. The highest BCUT2D eigenvalue weighted by atomic mass is 35.5. The van der Waals surface area contributed by atoms with E-state index in [1.807, 2.05) is 12.1 Å². The van der Waals surface area contributed by atoms with E-state index in [0.717, 1.165) is 43.6 Å². The summed E-state index contributed by atoms with van der Waals surface area (Å²) in [6.07, 6.45) is 8.43. The first-order valence-electron chi connectivity index (χ1n) is 9.49. The lowest BCUT2D eigenvalue weighted by Crippen LogP contribution is -2.32. The number of rotatable bonds is 7. The zero-order valence-electron chi connectivity index (χ0n) is 15.5. The van der Waals surface area contributed by atoms with Crippen LogP contribution in [0.3, 0.4) is 0 Å². The molecule has 2 aliphatic rings. The molecule has 1 aliphatic heterocycles. The largest absolute Gasteiger partial charge is 0.465 e. The van der Waals surface area contributed by atoms with Crippen molar-refractivity contribution in [1.29, 1.82) is 0 Å². The Kier molecular flexibility index (Phi) is 7.73. The van der Waals surface area contributed by atoms with Crippen molar-refractivity contribution in [3.63, 3.8) is 0 Å². The third-order valence-electron chi connectivity index (χ3n) is 5.33. The van der Waals surface area contributed by atoms with Crippen molar-refractivity contribution in [2.75, 3.05) is 20.3 Å². The second-order valence-electron chi connectivity index (χ2n) is 7.06. The molecular weight excluding hydrogens is 388 g/mol. The number of carbonyl (C=O) groups is 1. The van der Waals surface area contributed by atoms with E-state index in [4.69, 9.17) is 25.8 Å². The summed E-state index contributed by atoms with van der Waals surface area (Å²) in [6.45, 7) is 0.802. The molecule has 1 saturated heterocycles. The van der Waals surface area contributed by atoms with Gasteiger partial charge in [-0.15, -0.1) is 22.9 Å². The number of hydrogen-bond acceptors (Lipinski definition) is 6. The van der Waals surface area contributed by atoms with Crippen LogP contribution in [0.1, 0.15) is 46.7 Å². The summed E-state index contributed by atoms with van der Waals surface area (Å²) in [5, 5.41) is 9.88. The van der Waals surface area contributed by atoms with Gasteiger partial charge in [0.2, 0.25) is 0 Å². The van der Waals surface area contributed by atoms with E-state index >= 15 is 0 Å². The van der Waals surface area contributed by atoms with Crippen LogP contribution in [0.25, 0.3) is 6.08 Å². The zero-order valence-corrected chi connectivity index (χ0v) is 17.1. The van der Waals surface area contributed by atoms with Gasteiger partial charge in [0, 0.05) is 29.4 Å². The van der Waals surface area contributed by atoms with Crippen LogP contribution in [-0.4, -0.2) is 49.2 Å². The molecular formula is C20H27ClO5S. The van der Waals surface area contributed by atoms with Crippen LogP contribution >= 0.6 is 22.9 Å². The van der Waals surface area contributed by atoms with Crippen LogP contribution in [0.15, 0.2) is 18.2 Å². The van der Waals surface area contributed by atoms with Gasteiger partial charge in [-0.25, -0.2) is 4.79 Å². The van der Waals surface area contributed by atoms with Crippen molar-refractivity contribution in [3.05, 3.63) is 28.0 Å². The number of halogens is 1. The van der Waals surface area contributed by atoms with Gasteiger partial charge in [0.15, 0.2) is 6.29 Å². The lowest BCUT2D eigenvalue weighted by Gasteiger charge is -2.29. The first kappa shape index (κ1) is 20.8. The Balaban J connectivity index is 1.56. The third kappa shape index (κ3) is 5.33. The van der Waals surface area contributed by atoms with E-state index < -0.39 is 0 Å². The number of alkyl halides is 1. The van der Waals surface area contributed by atoms with Gasteiger partial charge < -0.3 is 19.3 Å². The number of esters is 1. The molecule has 1 saturated carbocycles. The second kappa shape index (κ2) is 10.0. The molecule has 0 spiro atoms. The number of methoxy groups -OCH3 is 1. The van der Waals surface area contributed by atoms with Crippen LogP contribution in [0, 0.1) is 11.8 Å². The van der Waals surface area contributed by atoms with E-state index in [1.54, 1.807) is 6.07 Å². The summed E-state index contributed by atoms with van der Waals surface area (Å²) in [4.78, 5) is 13.1. The van der Waals surface area contributed by atoms with E-state index in [2.05, 4.69) is 6.08 Å². The van der Waals surface area contributed by atoms with Crippen LogP contribution in [-0.2, 0) is 14.2 Å². The number of ether oxygens (including phenoxy) is 3. The molecule has 0 radical (unpaired) electrons. The van der Waals surface area contributed by atoms with E-state index in [-0.39, 0.29) is 42.2 Å². The Morgan fingerprint density at radius 2 is 2.26 bits per heavy atom. The molecule has 7 heteroatoms. The topological polar surface area (TPSA) is 65.0 Å². The monoisotopic (exact) mass is 414 g/mol. The Morgan fingerprint density at radius 3 is 2.96 bits per heavy atom. The Hall–Kier alpha value is -0.920. The summed E-state index contributed by atoms with van der Waals surface area (Å²) in [5.74, 6) is -0.153. The maximum absolute atomic E-state index is 11.5. The number of aliphatic hydroxyl groups is 1. The van der Waals surface area contributed by atoms with Gasteiger partial charge in [0.25, 0.3) is 0 Å². The van der Waals surface area contributed by atoms with Gasteiger partial charge in [-0.1, -0.05) is 6.08 Å². The van der Waals surface area contributed by atoms with Crippen molar-refractivity contribution in [3.8, 4) is 0 Å². The van der Waals surface area contributed by atoms with Crippen molar-refractivity contribution in [2.24, 2.45) is 11.8 Å². The molecule has 0 aromatic carbocycles. The van der Waals surface area contributed by atoms with Crippen LogP contribution < -0.4 is 0 Å². The molecule has 2 heterocycles. The summed E-state index contributed by atoms with van der Waals surface area (Å²) >= 11 is 7.98. The van der Waals surface area contributed by atoms with Crippen molar-refractivity contribution >= 4 is 35.0 Å². The minimum atomic E-state index is -0.318. The van der Waals surface area contributed by atoms with E-state index in [9.17, 15) is 9.90 Å². The van der Waals surface area contributed by atoms with Crippen molar-refractivity contribution in [2.45, 2.75) is 49.9 Å². The first-order chi connectivity index (χ1) is 13.1. The number of allylic oxidation sites excluding steroid dienone is 1. The highest BCUT2D eigenvalue weighted by molar-refractivity contribution is 7.14. The summed E-state index contributed by atoms with van der Waals surface area (Å²) in [5.41, 5.74) is 0. The van der Waals surface area contributed by atoms with Gasteiger partial charge in [-0.05, 0) is 56.2 Å². The number of hydrogen-bond donors (Lipinski definition) is 1. The molecule has 1 aromatic rings. The fraction of sp³-hybridized carbons (Fsp3) is 0.650. The summed E-state index contributed by atoms with van der Waals surface area (Å²) in [6, 6.07) is 3.66. The van der Waals surface area contributed by atoms with Gasteiger partial charge in [0.05, 0.1) is 13.2 Å². The molecule has 27 heavy (non-hydrogen) atoms. The average molecular weight is 415 g/mol. The molecule has 2 fully saturated rings. The van der Waals surface area contributed by atoms with Crippen molar-refractivity contribution in [1.82, 2.24) is 0 Å². The number of thiophene rings is 1. The lowest BCUT2D eigenvalue weighted by molar-refractivity contribution is -0.197. The van der Waals surface area contributed by atoms with Gasteiger partial charge in [-0.3, -0.25) is 0 Å². The van der Waals surface area contributed by atoms with Crippen LogP contribution in [0.4, 0.5) is 0 Å². The predicted molar refractivity (Wildman–Crippen MR) is 106 cm³/mol. The SMILES string of the molecule is COC(=O)c1ccc(C=CC[C@@H]2[C@@H](CO)[C@H](OC3CCCCO3)C[C@H]2Cl)s1. The molecule has 1 aliphatic carbocycles. The predicted octanol–water partition coefficient (Wildman–Crippen LogP) is 4.09. The van der Waals surface area contributed by atoms with Crippen LogP contribution in [0.2, 0.25) is 0 Å². The normalized spacial score (nSPS) is 31.4. The summed E-state index contributed by atoms with van der Waals surface area (Å²) < 4.78 is 16.5.